The molecule has 1 aromatic rings. The molecule has 0 spiro atoms. The van der Waals surface area contributed by atoms with Gasteiger partial charge in [0, 0.05) is 12.6 Å². The molecule has 0 aromatic heterocycles. The largest absolute Gasteiger partial charge is 0.355 e. The van der Waals surface area contributed by atoms with E-state index in [0.717, 1.165) is 31.5 Å². The van der Waals surface area contributed by atoms with Gasteiger partial charge < -0.3 is 10.6 Å². The summed E-state index contributed by atoms with van der Waals surface area (Å²) in [6.07, 6.45) is 2.33. The predicted molar refractivity (Wildman–Crippen MR) is 64.7 cm³/mol. The first-order valence-electron chi connectivity index (χ1n) is 5.84. The molecule has 1 heterocycles. The van der Waals surface area contributed by atoms with E-state index in [1.165, 1.54) is 5.56 Å². The Hall–Kier alpha value is -1.35. The molecule has 0 unspecified atom stereocenters. The molecule has 16 heavy (non-hydrogen) atoms. The first-order chi connectivity index (χ1) is 7.81. The monoisotopic (exact) mass is 218 g/mol. The summed E-state index contributed by atoms with van der Waals surface area (Å²) in [5.74, 6) is 0.599. The van der Waals surface area contributed by atoms with E-state index in [0.29, 0.717) is 5.92 Å². The van der Waals surface area contributed by atoms with Crippen LogP contribution in [0.15, 0.2) is 24.3 Å². The lowest BCUT2D eigenvalue weighted by Gasteiger charge is -2.23. The van der Waals surface area contributed by atoms with Crippen molar-refractivity contribution in [1.29, 1.82) is 0 Å². The van der Waals surface area contributed by atoms with Gasteiger partial charge in [0.1, 0.15) is 0 Å². The maximum Gasteiger partial charge on any atom is 0.251 e. The van der Waals surface area contributed by atoms with E-state index in [1.807, 2.05) is 18.2 Å². The van der Waals surface area contributed by atoms with E-state index in [2.05, 4.69) is 16.7 Å². The predicted octanol–water partition coefficient (Wildman–Crippen LogP) is 1.51. The highest BCUT2D eigenvalue weighted by Crippen LogP contribution is 2.25. The Kier molecular flexibility index (Phi) is 3.57. The van der Waals surface area contributed by atoms with Crippen molar-refractivity contribution in [2.45, 2.75) is 18.8 Å². The fourth-order valence-electron chi connectivity index (χ4n) is 2.23. The molecule has 1 amide bonds. The summed E-state index contributed by atoms with van der Waals surface area (Å²) in [6, 6.07) is 7.99. The Morgan fingerprint density at radius 2 is 2.12 bits per heavy atom. The lowest BCUT2D eigenvalue weighted by molar-refractivity contribution is 0.0963. The second-order valence-electron chi connectivity index (χ2n) is 4.23. The molecule has 0 radical (unpaired) electrons. The molecule has 86 valence electrons. The molecule has 0 bridgehead atoms. The zero-order valence-corrected chi connectivity index (χ0v) is 9.62. The van der Waals surface area contributed by atoms with Gasteiger partial charge in [0.15, 0.2) is 0 Å². The molecule has 0 aliphatic carbocycles. The molecule has 0 saturated carbocycles. The van der Waals surface area contributed by atoms with Gasteiger partial charge in [-0.25, -0.2) is 0 Å². The van der Waals surface area contributed by atoms with Crippen molar-refractivity contribution >= 4 is 5.91 Å². The lowest BCUT2D eigenvalue weighted by atomic mass is 9.89. The Balaban J connectivity index is 2.17. The normalized spacial score (nSPS) is 17.1. The van der Waals surface area contributed by atoms with Crippen molar-refractivity contribution in [2.24, 2.45) is 0 Å². The van der Waals surface area contributed by atoms with Crippen LogP contribution >= 0.6 is 0 Å². The summed E-state index contributed by atoms with van der Waals surface area (Å²) >= 11 is 0. The van der Waals surface area contributed by atoms with Crippen LogP contribution in [0.3, 0.4) is 0 Å². The summed E-state index contributed by atoms with van der Waals surface area (Å²) in [4.78, 5) is 11.5. The Bertz CT molecular complexity index is 370. The van der Waals surface area contributed by atoms with Crippen molar-refractivity contribution in [2.75, 3.05) is 20.1 Å². The summed E-state index contributed by atoms with van der Waals surface area (Å²) in [6.45, 7) is 2.16. The van der Waals surface area contributed by atoms with Crippen LogP contribution in [0, 0.1) is 0 Å². The molecule has 1 aliphatic heterocycles. The fraction of sp³-hybridized carbons (Fsp3) is 0.462. The lowest BCUT2D eigenvalue weighted by Crippen LogP contribution is -2.26. The number of rotatable bonds is 2. The molecule has 2 rings (SSSR count). The Morgan fingerprint density at radius 1 is 1.38 bits per heavy atom. The zero-order valence-electron chi connectivity index (χ0n) is 9.62. The first kappa shape index (κ1) is 11.1. The minimum absolute atomic E-state index is 0.00390. The van der Waals surface area contributed by atoms with E-state index >= 15 is 0 Å². The molecule has 3 nitrogen and oxygen atoms in total. The van der Waals surface area contributed by atoms with Crippen molar-refractivity contribution in [3.63, 3.8) is 0 Å². The molecule has 1 aliphatic rings. The number of hydrogen-bond donors (Lipinski definition) is 2. The van der Waals surface area contributed by atoms with Crippen LogP contribution in [0.5, 0.6) is 0 Å². The van der Waals surface area contributed by atoms with Crippen molar-refractivity contribution in [3.05, 3.63) is 35.4 Å². The van der Waals surface area contributed by atoms with Gasteiger partial charge in [0.25, 0.3) is 5.91 Å². The highest BCUT2D eigenvalue weighted by molar-refractivity contribution is 5.94. The third-order valence-corrected chi connectivity index (χ3v) is 3.19. The molecule has 1 fully saturated rings. The van der Waals surface area contributed by atoms with Crippen LogP contribution in [0.4, 0.5) is 0 Å². The third kappa shape index (κ3) is 2.42. The second-order valence-corrected chi connectivity index (χ2v) is 4.23. The number of piperidine rings is 1. The van der Waals surface area contributed by atoms with E-state index in [4.69, 9.17) is 0 Å². The van der Waals surface area contributed by atoms with Gasteiger partial charge in [0.05, 0.1) is 0 Å². The summed E-state index contributed by atoms with van der Waals surface area (Å²) < 4.78 is 0. The number of amides is 1. The number of carbonyl (C=O) groups is 1. The standard InChI is InChI=1S/C13H18N2O/c1-14-13(16)12-4-2-3-11(9-12)10-5-7-15-8-6-10/h2-4,9-10,15H,5-8H2,1H3,(H,14,16). The average Bonchev–Trinajstić information content (AvgIpc) is 2.39. The van der Waals surface area contributed by atoms with Gasteiger partial charge in [-0.15, -0.1) is 0 Å². The molecule has 0 atom stereocenters. The van der Waals surface area contributed by atoms with Gasteiger partial charge in [-0.05, 0) is 49.5 Å². The Labute approximate surface area is 96.2 Å². The number of carbonyl (C=O) groups excluding carboxylic acids is 1. The number of benzene rings is 1. The van der Waals surface area contributed by atoms with Gasteiger partial charge >= 0.3 is 0 Å². The number of nitrogens with one attached hydrogen (secondary N) is 2. The Morgan fingerprint density at radius 3 is 2.81 bits per heavy atom. The second kappa shape index (κ2) is 5.12. The topological polar surface area (TPSA) is 41.1 Å². The highest BCUT2D eigenvalue weighted by atomic mass is 16.1. The first-order valence-corrected chi connectivity index (χ1v) is 5.84. The highest BCUT2D eigenvalue weighted by Gasteiger charge is 2.16. The summed E-state index contributed by atoms with van der Waals surface area (Å²) in [5.41, 5.74) is 2.06. The van der Waals surface area contributed by atoms with Crippen LogP contribution < -0.4 is 10.6 Å². The van der Waals surface area contributed by atoms with Crippen LogP contribution in [-0.2, 0) is 0 Å². The zero-order chi connectivity index (χ0) is 11.4. The molecule has 2 N–H and O–H groups in total. The van der Waals surface area contributed by atoms with Crippen LogP contribution in [0.25, 0.3) is 0 Å². The molecule has 1 saturated heterocycles. The van der Waals surface area contributed by atoms with Crippen molar-refractivity contribution in [3.8, 4) is 0 Å². The summed E-state index contributed by atoms with van der Waals surface area (Å²) in [5, 5.41) is 6.01. The van der Waals surface area contributed by atoms with E-state index in [-0.39, 0.29) is 5.91 Å². The van der Waals surface area contributed by atoms with Gasteiger partial charge in [-0.2, -0.15) is 0 Å². The molecular formula is C13H18N2O. The van der Waals surface area contributed by atoms with Gasteiger partial charge in [-0.3, -0.25) is 4.79 Å². The van der Waals surface area contributed by atoms with Crippen molar-refractivity contribution in [1.82, 2.24) is 10.6 Å². The quantitative estimate of drug-likeness (QED) is 0.790. The van der Waals surface area contributed by atoms with Gasteiger partial charge in [-0.1, -0.05) is 12.1 Å². The van der Waals surface area contributed by atoms with E-state index in [9.17, 15) is 4.79 Å². The van der Waals surface area contributed by atoms with E-state index in [1.54, 1.807) is 7.05 Å². The average molecular weight is 218 g/mol. The molecular weight excluding hydrogens is 200 g/mol. The smallest absolute Gasteiger partial charge is 0.251 e. The maximum absolute atomic E-state index is 11.5. The maximum atomic E-state index is 11.5. The summed E-state index contributed by atoms with van der Waals surface area (Å²) in [7, 11) is 1.67. The van der Waals surface area contributed by atoms with Crippen LogP contribution in [-0.4, -0.2) is 26.0 Å². The third-order valence-electron chi connectivity index (χ3n) is 3.19. The molecule has 3 heteroatoms. The number of hydrogen-bond acceptors (Lipinski definition) is 2. The SMILES string of the molecule is CNC(=O)c1cccc(C2CCNCC2)c1. The molecule has 1 aromatic carbocycles. The minimum atomic E-state index is -0.00390. The van der Waals surface area contributed by atoms with Crippen LogP contribution in [0.1, 0.15) is 34.7 Å². The minimum Gasteiger partial charge on any atom is -0.355 e. The van der Waals surface area contributed by atoms with Gasteiger partial charge in [0.2, 0.25) is 0 Å². The van der Waals surface area contributed by atoms with Crippen LogP contribution in [0.2, 0.25) is 0 Å². The van der Waals surface area contributed by atoms with E-state index < -0.39 is 0 Å². The van der Waals surface area contributed by atoms with Crippen molar-refractivity contribution < 1.29 is 4.79 Å². The fourth-order valence-corrected chi connectivity index (χ4v) is 2.23.